The lowest BCUT2D eigenvalue weighted by Crippen LogP contribution is -2.14. The monoisotopic (exact) mass is 314 g/mol. The summed E-state index contributed by atoms with van der Waals surface area (Å²) in [6.07, 6.45) is 2.01. The first-order valence-corrected chi connectivity index (χ1v) is 8.18. The van der Waals surface area contributed by atoms with E-state index in [1.165, 1.54) is 12.1 Å². The molecule has 1 heterocycles. The number of sulfonamides is 1. The van der Waals surface area contributed by atoms with Gasteiger partial charge in [0, 0.05) is 12.6 Å². The number of nitrogens with one attached hydrogen (secondary N) is 2. The third-order valence-corrected chi connectivity index (χ3v) is 4.44. The summed E-state index contributed by atoms with van der Waals surface area (Å²) < 4.78 is 22.5. The Morgan fingerprint density at radius 3 is 2.81 bits per heavy atom. The molecule has 21 heavy (non-hydrogen) atoms. The molecule has 9 heteroatoms. The van der Waals surface area contributed by atoms with Crippen molar-refractivity contribution < 1.29 is 13.3 Å². The van der Waals surface area contributed by atoms with E-state index in [-0.39, 0.29) is 10.6 Å². The van der Waals surface area contributed by atoms with Gasteiger partial charge in [-0.3, -0.25) is 10.1 Å². The van der Waals surface area contributed by atoms with Crippen LogP contribution in [-0.4, -0.2) is 33.0 Å². The number of hydrogen-bond donors (Lipinski definition) is 3. The van der Waals surface area contributed by atoms with Crippen LogP contribution in [0.1, 0.15) is 12.8 Å². The molecule has 116 valence electrons. The molecule has 1 aromatic carbocycles. The molecule has 1 fully saturated rings. The SMILES string of the molecule is NS(=O)(=O)c1ccc(NCCC2CCNC2)c([N+](=O)[O-])c1. The van der Waals surface area contributed by atoms with Crippen LogP contribution in [0.2, 0.25) is 0 Å². The topological polar surface area (TPSA) is 127 Å². The average molecular weight is 314 g/mol. The van der Waals surface area contributed by atoms with Gasteiger partial charge in [-0.15, -0.1) is 0 Å². The average Bonchev–Trinajstić information content (AvgIpc) is 2.90. The van der Waals surface area contributed by atoms with E-state index >= 15 is 0 Å². The first-order valence-electron chi connectivity index (χ1n) is 6.64. The third-order valence-electron chi connectivity index (χ3n) is 3.52. The number of nitrogens with zero attached hydrogens (tertiary/aromatic N) is 1. The van der Waals surface area contributed by atoms with Crippen molar-refractivity contribution in [2.75, 3.05) is 25.0 Å². The fraction of sp³-hybridized carbons (Fsp3) is 0.500. The fourth-order valence-electron chi connectivity index (χ4n) is 2.36. The van der Waals surface area contributed by atoms with Crippen LogP contribution in [0.5, 0.6) is 0 Å². The molecule has 1 aromatic rings. The highest BCUT2D eigenvalue weighted by molar-refractivity contribution is 7.89. The Hall–Kier alpha value is -1.71. The molecule has 1 aliphatic heterocycles. The van der Waals surface area contributed by atoms with Gasteiger partial charge in [-0.1, -0.05) is 0 Å². The quantitative estimate of drug-likeness (QED) is 0.522. The van der Waals surface area contributed by atoms with Gasteiger partial charge in [-0.25, -0.2) is 13.6 Å². The molecular formula is C12H18N4O4S. The zero-order chi connectivity index (χ0) is 15.5. The normalized spacial score (nSPS) is 18.6. The van der Waals surface area contributed by atoms with Gasteiger partial charge in [0.25, 0.3) is 5.69 Å². The Kier molecular flexibility index (Phi) is 4.76. The Balaban J connectivity index is 2.09. The maximum Gasteiger partial charge on any atom is 0.293 e. The smallest absolute Gasteiger partial charge is 0.293 e. The number of rotatable bonds is 6. The molecule has 0 saturated carbocycles. The van der Waals surface area contributed by atoms with E-state index in [0.29, 0.717) is 18.2 Å². The number of primary sulfonamides is 1. The zero-order valence-electron chi connectivity index (χ0n) is 11.4. The van der Waals surface area contributed by atoms with E-state index in [1.807, 2.05) is 0 Å². The number of benzene rings is 1. The molecule has 0 spiro atoms. The van der Waals surface area contributed by atoms with E-state index < -0.39 is 14.9 Å². The predicted octanol–water partition coefficient (Wildman–Crippen LogP) is 0.654. The second kappa shape index (κ2) is 6.37. The Bertz CT molecular complexity index is 626. The van der Waals surface area contributed by atoms with Crippen molar-refractivity contribution in [2.45, 2.75) is 17.7 Å². The summed E-state index contributed by atoms with van der Waals surface area (Å²) in [4.78, 5) is 10.2. The van der Waals surface area contributed by atoms with E-state index in [9.17, 15) is 18.5 Å². The van der Waals surface area contributed by atoms with Crippen LogP contribution in [0.15, 0.2) is 23.1 Å². The van der Waals surface area contributed by atoms with Gasteiger partial charge in [0.1, 0.15) is 5.69 Å². The van der Waals surface area contributed by atoms with E-state index in [1.54, 1.807) is 0 Å². The lowest BCUT2D eigenvalue weighted by atomic mass is 10.1. The highest BCUT2D eigenvalue weighted by atomic mass is 32.2. The molecule has 0 radical (unpaired) electrons. The molecular weight excluding hydrogens is 296 g/mol. The summed E-state index contributed by atoms with van der Waals surface area (Å²) in [5.74, 6) is 0.570. The number of nitrogens with two attached hydrogens (primary N) is 1. The summed E-state index contributed by atoms with van der Waals surface area (Å²) in [5.41, 5.74) is 0.0180. The van der Waals surface area contributed by atoms with Crippen LogP contribution < -0.4 is 15.8 Å². The molecule has 0 bridgehead atoms. The molecule has 1 atom stereocenters. The van der Waals surface area contributed by atoms with Crippen LogP contribution in [0.3, 0.4) is 0 Å². The molecule has 0 aromatic heterocycles. The lowest BCUT2D eigenvalue weighted by molar-refractivity contribution is -0.384. The fourth-order valence-corrected chi connectivity index (χ4v) is 2.89. The van der Waals surface area contributed by atoms with Crippen molar-refractivity contribution >= 4 is 21.4 Å². The Labute approximate surface area is 122 Å². The van der Waals surface area contributed by atoms with Gasteiger partial charge in [0.15, 0.2) is 0 Å². The van der Waals surface area contributed by atoms with Gasteiger partial charge >= 0.3 is 0 Å². The van der Waals surface area contributed by atoms with Crippen LogP contribution >= 0.6 is 0 Å². The molecule has 1 aliphatic rings. The zero-order valence-corrected chi connectivity index (χ0v) is 12.2. The van der Waals surface area contributed by atoms with Crippen LogP contribution in [0.25, 0.3) is 0 Å². The first-order chi connectivity index (χ1) is 9.88. The number of hydrogen-bond acceptors (Lipinski definition) is 6. The largest absolute Gasteiger partial charge is 0.379 e. The van der Waals surface area contributed by atoms with Gasteiger partial charge in [-0.05, 0) is 44.0 Å². The van der Waals surface area contributed by atoms with Crippen LogP contribution in [-0.2, 0) is 10.0 Å². The molecule has 0 amide bonds. The van der Waals surface area contributed by atoms with Gasteiger partial charge < -0.3 is 10.6 Å². The number of nitro groups is 1. The summed E-state index contributed by atoms with van der Waals surface area (Å²) in [6.45, 7) is 2.57. The van der Waals surface area contributed by atoms with Gasteiger partial charge in [0.2, 0.25) is 10.0 Å². The third kappa shape index (κ3) is 4.13. The summed E-state index contributed by atoms with van der Waals surface area (Å²) >= 11 is 0. The first kappa shape index (κ1) is 15.7. The van der Waals surface area contributed by atoms with Crippen molar-refractivity contribution in [3.8, 4) is 0 Å². The second-order valence-corrected chi connectivity index (χ2v) is 6.62. The number of nitro benzene ring substituents is 1. The van der Waals surface area contributed by atoms with Crippen molar-refractivity contribution in [3.05, 3.63) is 28.3 Å². The molecule has 1 saturated heterocycles. The maximum atomic E-state index is 11.2. The Morgan fingerprint density at radius 1 is 1.48 bits per heavy atom. The minimum atomic E-state index is -3.95. The predicted molar refractivity (Wildman–Crippen MR) is 78.6 cm³/mol. The van der Waals surface area contributed by atoms with Crippen molar-refractivity contribution in [1.29, 1.82) is 0 Å². The highest BCUT2D eigenvalue weighted by Gasteiger charge is 2.19. The van der Waals surface area contributed by atoms with Crippen LogP contribution in [0, 0.1) is 16.0 Å². The minimum absolute atomic E-state index is 0.264. The highest BCUT2D eigenvalue weighted by Crippen LogP contribution is 2.27. The van der Waals surface area contributed by atoms with Gasteiger partial charge in [-0.2, -0.15) is 0 Å². The van der Waals surface area contributed by atoms with Gasteiger partial charge in [0.05, 0.1) is 9.82 Å². The van der Waals surface area contributed by atoms with Crippen LogP contribution in [0.4, 0.5) is 11.4 Å². The molecule has 4 N–H and O–H groups in total. The van der Waals surface area contributed by atoms with E-state index in [2.05, 4.69) is 10.6 Å². The van der Waals surface area contributed by atoms with Crippen molar-refractivity contribution in [3.63, 3.8) is 0 Å². The number of anilines is 1. The summed E-state index contributed by atoms with van der Waals surface area (Å²) in [5, 5.41) is 22.3. The second-order valence-electron chi connectivity index (χ2n) is 5.06. The van der Waals surface area contributed by atoms with Crippen molar-refractivity contribution in [2.24, 2.45) is 11.1 Å². The molecule has 1 unspecified atom stereocenters. The molecule has 8 nitrogen and oxygen atoms in total. The molecule has 0 aliphatic carbocycles. The van der Waals surface area contributed by atoms with E-state index in [0.717, 1.165) is 32.0 Å². The van der Waals surface area contributed by atoms with E-state index in [4.69, 9.17) is 5.14 Å². The minimum Gasteiger partial charge on any atom is -0.379 e. The standard InChI is InChI=1S/C12H18N4O4S/c13-21(19,20)10-1-2-11(12(7-10)16(17)18)15-6-4-9-3-5-14-8-9/h1-2,7,9,14-15H,3-6,8H2,(H2,13,19,20). The molecule has 2 rings (SSSR count). The lowest BCUT2D eigenvalue weighted by Gasteiger charge is -2.11. The summed E-state index contributed by atoms with van der Waals surface area (Å²) in [6, 6.07) is 3.63. The maximum absolute atomic E-state index is 11.2. The Morgan fingerprint density at radius 2 is 2.24 bits per heavy atom. The summed E-state index contributed by atoms with van der Waals surface area (Å²) in [7, 11) is -3.95. The van der Waals surface area contributed by atoms with Crippen molar-refractivity contribution in [1.82, 2.24) is 5.32 Å².